The van der Waals surface area contributed by atoms with Crippen molar-refractivity contribution in [2.45, 2.75) is 51.0 Å². The molecule has 0 saturated carbocycles. The van der Waals surface area contributed by atoms with Gasteiger partial charge in [0.1, 0.15) is 6.04 Å². The van der Waals surface area contributed by atoms with Gasteiger partial charge in [0.25, 0.3) is 0 Å². The summed E-state index contributed by atoms with van der Waals surface area (Å²) in [6.45, 7) is 2.15. The Labute approximate surface area is 160 Å². The van der Waals surface area contributed by atoms with Crippen molar-refractivity contribution >= 4 is 11.9 Å². The lowest BCUT2D eigenvalue weighted by Gasteiger charge is -2.20. The molecule has 0 spiro atoms. The molecule has 0 heterocycles. The number of nitrogens with one attached hydrogen (secondary N) is 1. The van der Waals surface area contributed by atoms with E-state index in [-0.39, 0.29) is 17.8 Å². The van der Waals surface area contributed by atoms with Gasteiger partial charge in [-0.1, -0.05) is 81.1 Å². The number of rotatable bonds is 8. The monoisotopic (exact) mass is 365 g/mol. The van der Waals surface area contributed by atoms with Crippen molar-refractivity contribution in [2.24, 2.45) is 0 Å². The molecule has 0 fully saturated rings. The fraction of sp³-hybridized carbons (Fsp3) is 0.391. The highest BCUT2D eigenvalue weighted by atomic mass is 16.5. The molecule has 1 atom stereocenters. The zero-order valence-electron chi connectivity index (χ0n) is 16.0. The van der Waals surface area contributed by atoms with E-state index in [4.69, 9.17) is 4.74 Å². The first-order valence-corrected chi connectivity index (χ1v) is 9.73. The predicted molar refractivity (Wildman–Crippen MR) is 106 cm³/mol. The van der Waals surface area contributed by atoms with Crippen LogP contribution in [0.3, 0.4) is 0 Å². The second kappa shape index (κ2) is 8.85. The Hall–Kier alpha value is -2.62. The van der Waals surface area contributed by atoms with E-state index in [2.05, 4.69) is 12.2 Å². The van der Waals surface area contributed by atoms with Gasteiger partial charge in [-0.15, -0.1) is 0 Å². The number of fused-ring (bicyclic) bond motifs is 3. The first-order valence-electron chi connectivity index (χ1n) is 9.73. The summed E-state index contributed by atoms with van der Waals surface area (Å²) in [5.74, 6) is -0.905. The molecule has 0 aliphatic heterocycles. The van der Waals surface area contributed by atoms with Crippen LogP contribution in [0.25, 0.3) is 11.1 Å². The summed E-state index contributed by atoms with van der Waals surface area (Å²) in [5, 5.41) is 2.95. The van der Waals surface area contributed by atoms with Crippen LogP contribution in [0.1, 0.15) is 56.1 Å². The Morgan fingerprint density at radius 2 is 1.56 bits per heavy atom. The third kappa shape index (κ3) is 4.05. The van der Waals surface area contributed by atoms with Crippen molar-refractivity contribution in [1.82, 2.24) is 5.32 Å². The van der Waals surface area contributed by atoms with Gasteiger partial charge in [-0.05, 0) is 28.7 Å². The van der Waals surface area contributed by atoms with Crippen molar-refractivity contribution < 1.29 is 14.3 Å². The first kappa shape index (κ1) is 19.2. The lowest BCUT2D eigenvalue weighted by molar-refractivity contribution is -0.145. The second-order valence-corrected chi connectivity index (χ2v) is 7.04. The van der Waals surface area contributed by atoms with E-state index in [0.717, 1.165) is 47.9 Å². The van der Waals surface area contributed by atoms with Gasteiger partial charge in [0, 0.05) is 0 Å². The van der Waals surface area contributed by atoms with Crippen LogP contribution < -0.4 is 5.32 Å². The Morgan fingerprint density at radius 3 is 2.11 bits per heavy atom. The van der Waals surface area contributed by atoms with E-state index in [1.807, 2.05) is 48.5 Å². The molecule has 0 aromatic heterocycles. The lowest BCUT2D eigenvalue weighted by atomic mass is 9.95. The van der Waals surface area contributed by atoms with E-state index < -0.39 is 6.04 Å². The molecule has 1 N–H and O–H groups in total. The number of methoxy groups -OCH3 is 1. The van der Waals surface area contributed by atoms with Crippen LogP contribution in [0, 0.1) is 0 Å². The number of esters is 1. The van der Waals surface area contributed by atoms with Crippen molar-refractivity contribution in [1.29, 1.82) is 0 Å². The molecule has 0 bridgehead atoms. The summed E-state index contributed by atoms with van der Waals surface area (Å²) in [5.41, 5.74) is 4.16. The molecule has 4 heteroatoms. The molecule has 0 saturated heterocycles. The molecule has 4 nitrogen and oxygen atoms in total. The van der Waals surface area contributed by atoms with Gasteiger partial charge in [0.05, 0.1) is 13.0 Å². The van der Waals surface area contributed by atoms with Crippen LogP contribution in [0.2, 0.25) is 0 Å². The molecule has 1 aliphatic rings. The molecule has 1 amide bonds. The van der Waals surface area contributed by atoms with Gasteiger partial charge in [-0.2, -0.15) is 0 Å². The van der Waals surface area contributed by atoms with Gasteiger partial charge < -0.3 is 10.1 Å². The molecule has 1 aliphatic carbocycles. The molecule has 27 heavy (non-hydrogen) atoms. The van der Waals surface area contributed by atoms with Crippen LogP contribution in [-0.4, -0.2) is 25.0 Å². The Kier molecular flexibility index (Phi) is 6.28. The summed E-state index contributed by atoms with van der Waals surface area (Å²) in [4.78, 5) is 25.4. The van der Waals surface area contributed by atoms with Crippen LogP contribution >= 0.6 is 0 Å². The van der Waals surface area contributed by atoms with Crippen molar-refractivity contribution in [3.8, 4) is 11.1 Å². The molecular weight excluding hydrogens is 338 g/mol. The number of amides is 1. The highest BCUT2D eigenvalue weighted by molar-refractivity contribution is 5.97. The van der Waals surface area contributed by atoms with Gasteiger partial charge in [-0.3, -0.25) is 4.79 Å². The number of hydrogen-bond acceptors (Lipinski definition) is 3. The number of ether oxygens (including phenoxy) is 1. The minimum atomic E-state index is -0.598. The van der Waals surface area contributed by atoms with E-state index in [1.54, 1.807) is 0 Å². The van der Waals surface area contributed by atoms with Crippen LogP contribution in [0.4, 0.5) is 0 Å². The quantitative estimate of drug-likeness (QED) is 0.556. The minimum absolute atomic E-state index is 0.140. The highest BCUT2D eigenvalue weighted by Crippen LogP contribution is 2.44. The van der Waals surface area contributed by atoms with E-state index >= 15 is 0 Å². The lowest BCUT2D eigenvalue weighted by Crippen LogP contribution is -2.43. The molecule has 0 radical (unpaired) electrons. The van der Waals surface area contributed by atoms with E-state index in [9.17, 15) is 9.59 Å². The fourth-order valence-corrected chi connectivity index (χ4v) is 3.86. The fourth-order valence-electron chi connectivity index (χ4n) is 3.86. The minimum Gasteiger partial charge on any atom is -0.467 e. The van der Waals surface area contributed by atoms with Crippen LogP contribution in [-0.2, 0) is 14.3 Å². The summed E-state index contributed by atoms with van der Waals surface area (Å²) >= 11 is 0. The zero-order valence-corrected chi connectivity index (χ0v) is 16.0. The van der Waals surface area contributed by atoms with Crippen molar-refractivity contribution in [3.63, 3.8) is 0 Å². The van der Waals surface area contributed by atoms with Crippen molar-refractivity contribution in [2.75, 3.05) is 7.11 Å². The second-order valence-electron chi connectivity index (χ2n) is 7.04. The molecule has 0 unspecified atom stereocenters. The Morgan fingerprint density at radius 1 is 0.963 bits per heavy atom. The van der Waals surface area contributed by atoms with Gasteiger partial charge in [-0.25, -0.2) is 4.79 Å². The highest BCUT2D eigenvalue weighted by Gasteiger charge is 2.35. The van der Waals surface area contributed by atoms with Gasteiger partial charge in [0.15, 0.2) is 0 Å². The normalized spacial score (nSPS) is 13.6. The standard InChI is InChI=1S/C23H27NO3/c1-3-4-5-6-15-20(23(26)27-2)24-22(25)21-18-13-9-7-11-16(18)17-12-8-10-14-19(17)21/h7-14,20-21H,3-6,15H2,1-2H3,(H,24,25)/t20-/m1/s1. The average Bonchev–Trinajstić information content (AvgIpc) is 3.04. The Bertz CT molecular complexity index is 769. The predicted octanol–water partition coefficient (Wildman–Crippen LogP) is 4.43. The number of carbonyl (C=O) groups is 2. The maximum Gasteiger partial charge on any atom is 0.328 e. The largest absolute Gasteiger partial charge is 0.467 e. The van der Waals surface area contributed by atoms with Gasteiger partial charge >= 0.3 is 5.97 Å². The third-order valence-corrected chi connectivity index (χ3v) is 5.24. The number of benzene rings is 2. The summed E-state index contributed by atoms with van der Waals surface area (Å²) in [6, 6.07) is 15.4. The van der Waals surface area contributed by atoms with Gasteiger partial charge in [0.2, 0.25) is 5.91 Å². The van der Waals surface area contributed by atoms with Crippen LogP contribution in [0.15, 0.2) is 48.5 Å². The number of carbonyl (C=O) groups excluding carboxylic acids is 2. The van der Waals surface area contributed by atoms with Crippen LogP contribution in [0.5, 0.6) is 0 Å². The molecule has 3 rings (SSSR count). The molecule has 2 aromatic rings. The molecule has 2 aromatic carbocycles. The maximum atomic E-state index is 13.2. The zero-order chi connectivity index (χ0) is 19.2. The summed E-state index contributed by atoms with van der Waals surface area (Å²) < 4.78 is 4.92. The molecular formula is C23H27NO3. The topological polar surface area (TPSA) is 55.4 Å². The summed E-state index contributed by atoms with van der Waals surface area (Å²) in [6.07, 6.45) is 4.81. The van der Waals surface area contributed by atoms with E-state index in [1.165, 1.54) is 7.11 Å². The average molecular weight is 365 g/mol. The smallest absolute Gasteiger partial charge is 0.328 e. The molecule has 142 valence electrons. The third-order valence-electron chi connectivity index (χ3n) is 5.24. The SMILES string of the molecule is CCCCCC[C@@H](NC(=O)C1c2ccccc2-c2ccccc21)C(=O)OC. The number of hydrogen-bond donors (Lipinski definition) is 1. The van der Waals surface area contributed by atoms with Crippen molar-refractivity contribution in [3.05, 3.63) is 59.7 Å². The summed E-state index contributed by atoms with van der Waals surface area (Å²) in [7, 11) is 1.37. The first-order chi connectivity index (χ1) is 13.2. The number of unbranched alkanes of at least 4 members (excludes halogenated alkanes) is 3. The van der Waals surface area contributed by atoms with E-state index in [0.29, 0.717) is 6.42 Å². The Balaban J connectivity index is 1.80. The maximum absolute atomic E-state index is 13.2.